The number of benzene rings is 2. The number of rotatable bonds is 5. The van der Waals surface area contributed by atoms with Gasteiger partial charge in [-0.15, -0.1) is 0 Å². The van der Waals surface area contributed by atoms with Crippen molar-refractivity contribution in [2.45, 2.75) is 32.7 Å². The molecule has 1 N–H and O–H groups in total. The Morgan fingerprint density at radius 1 is 1.14 bits per heavy atom. The summed E-state index contributed by atoms with van der Waals surface area (Å²) in [6.07, 6.45) is 1.76. The monoisotopic (exact) mass is 395 g/mol. The highest BCUT2D eigenvalue weighted by Gasteiger charge is 2.41. The number of anilines is 2. The number of halogens is 1. The molecule has 5 heteroatoms. The molecule has 2 unspecified atom stereocenters. The Morgan fingerprint density at radius 3 is 2.66 bits per heavy atom. The van der Waals surface area contributed by atoms with Gasteiger partial charge in [0.25, 0.3) is 0 Å². The molecule has 0 spiro atoms. The maximum Gasteiger partial charge on any atom is 0.225 e. The molecule has 2 aromatic rings. The minimum absolute atomic E-state index is 0.0830. The molecule has 0 bridgehead atoms. The van der Waals surface area contributed by atoms with Gasteiger partial charge in [0.15, 0.2) is 0 Å². The molecule has 2 aliphatic heterocycles. The van der Waals surface area contributed by atoms with Crippen molar-refractivity contribution in [3.63, 3.8) is 0 Å². The van der Waals surface area contributed by atoms with Crippen LogP contribution in [0.1, 0.15) is 25.8 Å². The number of nitrogens with one attached hydrogen (secondary N) is 1. The van der Waals surface area contributed by atoms with Gasteiger partial charge in [-0.25, -0.2) is 4.39 Å². The Balaban J connectivity index is 1.57. The molecule has 4 nitrogen and oxygen atoms in total. The van der Waals surface area contributed by atoms with E-state index in [0.29, 0.717) is 5.92 Å². The SMILES string of the molecule is CC(C)CCNC(=O)C1Cc2ccccc2N2CCN(c3ccc(F)cc3)CC12. The third kappa shape index (κ3) is 4.24. The van der Waals surface area contributed by atoms with Gasteiger partial charge in [-0.2, -0.15) is 0 Å². The maximum absolute atomic E-state index is 13.4. The molecular weight excluding hydrogens is 365 g/mol. The van der Waals surface area contributed by atoms with Crippen LogP contribution in [0, 0.1) is 17.7 Å². The fourth-order valence-corrected chi connectivity index (χ4v) is 4.56. The number of hydrogen-bond donors (Lipinski definition) is 1. The predicted molar refractivity (Wildman–Crippen MR) is 116 cm³/mol. The van der Waals surface area contributed by atoms with Gasteiger partial charge in [0, 0.05) is 37.6 Å². The summed E-state index contributed by atoms with van der Waals surface area (Å²) >= 11 is 0. The Kier molecular flexibility index (Phi) is 5.74. The van der Waals surface area contributed by atoms with Gasteiger partial charge in [0.1, 0.15) is 5.82 Å². The quantitative estimate of drug-likeness (QED) is 0.835. The van der Waals surface area contributed by atoms with Crippen molar-refractivity contribution in [1.82, 2.24) is 5.32 Å². The van der Waals surface area contributed by atoms with Crippen molar-refractivity contribution in [2.75, 3.05) is 36.0 Å². The van der Waals surface area contributed by atoms with E-state index in [1.54, 1.807) is 0 Å². The van der Waals surface area contributed by atoms with Crippen LogP contribution in [-0.4, -0.2) is 38.1 Å². The van der Waals surface area contributed by atoms with E-state index in [0.717, 1.165) is 44.7 Å². The van der Waals surface area contributed by atoms with Crippen LogP contribution < -0.4 is 15.1 Å². The van der Waals surface area contributed by atoms with Gasteiger partial charge in [-0.3, -0.25) is 4.79 Å². The maximum atomic E-state index is 13.4. The molecule has 1 saturated heterocycles. The van der Waals surface area contributed by atoms with Crippen molar-refractivity contribution in [3.8, 4) is 0 Å². The first-order valence-corrected chi connectivity index (χ1v) is 10.7. The van der Waals surface area contributed by atoms with E-state index >= 15 is 0 Å². The zero-order chi connectivity index (χ0) is 20.4. The van der Waals surface area contributed by atoms with E-state index in [-0.39, 0.29) is 23.7 Å². The summed E-state index contributed by atoms with van der Waals surface area (Å²) in [5.41, 5.74) is 3.52. The summed E-state index contributed by atoms with van der Waals surface area (Å²) in [5.74, 6) is 0.417. The lowest BCUT2D eigenvalue weighted by Gasteiger charge is -2.49. The van der Waals surface area contributed by atoms with E-state index in [9.17, 15) is 9.18 Å². The van der Waals surface area contributed by atoms with Crippen LogP contribution >= 0.6 is 0 Å². The van der Waals surface area contributed by atoms with Crippen LogP contribution in [0.25, 0.3) is 0 Å². The lowest BCUT2D eigenvalue weighted by molar-refractivity contribution is -0.125. The average Bonchev–Trinajstić information content (AvgIpc) is 2.73. The third-order valence-corrected chi connectivity index (χ3v) is 6.17. The first-order valence-electron chi connectivity index (χ1n) is 10.7. The second kappa shape index (κ2) is 8.44. The first-order chi connectivity index (χ1) is 14.0. The van der Waals surface area contributed by atoms with Gasteiger partial charge in [0.05, 0.1) is 12.0 Å². The molecular formula is C24H30FN3O. The lowest BCUT2D eigenvalue weighted by atomic mass is 9.83. The molecule has 0 aliphatic carbocycles. The van der Waals surface area contributed by atoms with Gasteiger partial charge in [0.2, 0.25) is 5.91 Å². The third-order valence-electron chi connectivity index (χ3n) is 6.17. The van der Waals surface area contributed by atoms with Crippen molar-refractivity contribution in [3.05, 3.63) is 59.9 Å². The molecule has 0 saturated carbocycles. The molecule has 2 heterocycles. The zero-order valence-electron chi connectivity index (χ0n) is 17.3. The minimum atomic E-state index is -0.221. The van der Waals surface area contributed by atoms with E-state index in [1.165, 1.54) is 23.4 Å². The van der Waals surface area contributed by atoms with Crippen LogP contribution in [-0.2, 0) is 11.2 Å². The minimum Gasteiger partial charge on any atom is -0.368 e. The number of carbonyl (C=O) groups excluding carboxylic acids is 1. The Hall–Kier alpha value is -2.56. The van der Waals surface area contributed by atoms with Crippen molar-refractivity contribution in [2.24, 2.45) is 11.8 Å². The number of carbonyl (C=O) groups is 1. The van der Waals surface area contributed by atoms with Gasteiger partial charge in [-0.05, 0) is 54.7 Å². The van der Waals surface area contributed by atoms with Crippen molar-refractivity contribution >= 4 is 17.3 Å². The molecule has 0 radical (unpaired) electrons. The highest BCUT2D eigenvalue weighted by Crippen LogP contribution is 2.36. The van der Waals surface area contributed by atoms with Crippen LogP contribution in [0.15, 0.2) is 48.5 Å². The van der Waals surface area contributed by atoms with Crippen LogP contribution in [0.2, 0.25) is 0 Å². The second-order valence-electron chi connectivity index (χ2n) is 8.60. The predicted octanol–water partition coefficient (Wildman–Crippen LogP) is 3.86. The Bertz CT molecular complexity index is 851. The number of hydrogen-bond acceptors (Lipinski definition) is 3. The zero-order valence-corrected chi connectivity index (χ0v) is 17.3. The van der Waals surface area contributed by atoms with E-state index in [1.807, 2.05) is 12.1 Å². The smallest absolute Gasteiger partial charge is 0.225 e. The van der Waals surface area contributed by atoms with Crippen LogP contribution in [0.3, 0.4) is 0 Å². The standard InChI is InChI=1S/C24H30FN3O/c1-17(2)11-12-26-24(29)21-15-18-5-3-4-6-22(18)28-14-13-27(16-23(21)28)20-9-7-19(25)8-10-20/h3-10,17,21,23H,11-16H2,1-2H3,(H,26,29). The summed E-state index contributed by atoms with van der Waals surface area (Å²) < 4.78 is 13.4. The summed E-state index contributed by atoms with van der Waals surface area (Å²) in [6.45, 7) is 7.55. The fourth-order valence-electron chi connectivity index (χ4n) is 4.56. The topological polar surface area (TPSA) is 35.6 Å². The molecule has 29 heavy (non-hydrogen) atoms. The molecule has 2 aromatic carbocycles. The van der Waals surface area contributed by atoms with Crippen molar-refractivity contribution in [1.29, 1.82) is 0 Å². The average molecular weight is 396 g/mol. The van der Waals surface area contributed by atoms with E-state index < -0.39 is 0 Å². The summed E-state index contributed by atoms with van der Waals surface area (Å²) in [7, 11) is 0. The normalized spacial score (nSPS) is 21.0. The van der Waals surface area contributed by atoms with Crippen molar-refractivity contribution < 1.29 is 9.18 Å². The molecule has 154 valence electrons. The number of fused-ring (bicyclic) bond motifs is 3. The first kappa shape index (κ1) is 19.7. The number of amides is 1. The summed E-state index contributed by atoms with van der Waals surface area (Å²) in [5, 5.41) is 3.18. The van der Waals surface area contributed by atoms with Gasteiger partial charge in [-0.1, -0.05) is 32.0 Å². The van der Waals surface area contributed by atoms with Gasteiger partial charge < -0.3 is 15.1 Å². The molecule has 1 fully saturated rings. The second-order valence-corrected chi connectivity index (χ2v) is 8.60. The highest BCUT2D eigenvalue weighted by molar-refractivity contribution is 5.82. The van der Waals surface area contributed by atoms with E-state index in [4.69, 9.17) is 0 Å². The van der Waals surface area contributed by atoms with Crippen LogP contribution in [0.4, 0.5) is 15.8 Å². The van der Waals surface area contributed by atoms with Crippen LogP contribution in [0.5, 0.6) is 0 Å². The summed E-state index contributed by atoms with van der Waals surface area (Å²) in [4.78, 5) is 17.8. The molecule has 4 rings (SSSR count). The Morgan fingerprint density at radius 2 is 1.90 bits per heavy atom. The molecule has 2 aliphatic rings. The van der Waals surface area contributed by atoms with Gasteiger partial charge >= 0.3 is 0 Å². The molecule has 2 atom stereocenters. The lowest BCUT2D eigenvalue weighted by Crippen LogP contribution is -2.61. The number of para-hydroxylation sites is 1. The fraction of sp³-hybridized carbons (Fsp3) is 0.458. The largest absolute Gasteiger partial charge is 0.368 e. The van der Waals surface area contributed by atoms with E-state index in [2.05, 4.69) is 53.2 Å². The highest BCUT2D eigenvalue weighted by atomic mass is 19.1. The Labute approximate surface area is 172 Å². The summed E-state index contributed by atoms with van der Waals surface area (Å²) in [6, 6.07) is 15.2. The molecule has 1 amide bonds. The number of piperazine rings is 1. The number of nitrogens with zero attached hydrogens (tertiary/aromatic N) is 2. The molecule has 0 aromatic heterocycles.